The van der Waals surface area contributed by atoms with Crippen LogP contribution in [0, 0.1) is 22.7 Å². The van der Waals surface area contributed by atoms with Gasteiger partial charge in [-0.3, -0.25) is 0 Å². The number of aliphatic hydroxyl groups is 2. The summed E-state index contributed by atoms with van der Waals surface area (Å²) in [4.78, 5) is 0.516. The Bertz CT molecular complexity index is 459. The van der Waals surface area contributed by atoms with Gasteiger partial charge in [-0.05, 0) is 68.1 Å². The smallest absolute Gasteiger partial charge is 0.0798 e. The van der Waals surface area contributed by atoms with Crippen molar-refractivity contribution in [3.05, 3.63) is 12.7 Å². The molecule has 0 bridgehead atoms. The monoisotopic (exact) mass is 386 g/mol. The van der Waals surface area contributed by atoms with Crippen LogP contribution < -0.4 is 0 Å². The predicted octanol–water partition coefficient (Wildman–Crippen LogP) is 5.07. The first-order chi connectivity index (χ1) is 10.4. The quantitative estimate of drug-likeness (QED) is 0.522. The number of fused-ring (bicyclic) bond motifs is 1. The molecule has 0 saturated heterocycles. The summed E-state index contributed by atoms with van der Waals surface area (Å²) in [6.45, 7) is 14.7. The molecule has 134 valence electrons. The van der Waals surface area contributed by atoms with E-state index in [-0.39, 0.29) is 16.7 Å². The highest BCUT2D eigenvalue weighted by molar-refractivity contribution is 9.09. The molecule has 6 unspecified atom stereocenters. The SMILES string of the molecule is C=CC(C)(O)CCC1(O)C(C)CCC2C(C)(C)C(Br)CCC21C. The van der Waals surface area contributed by atoms with Crippen molar-refractivity contribution < 1.29 is 10.2 Å². The summed E-state index contributed by atoms with van der Waals surface area (Å²) < 4.78 is 0. The van der Waals surface area contributed by atoms with Crippen LogP contribution in [0.25, 0.3) is 0 Å². The summed E-state index contributed by atoms with van der Waals surface area (Å²) in [6, 6.07) is 0. The van der Waals surface area contributed by atoms with Crippen LogP contribution in [0.5, 0.6) is 0 Å². The van der Waals surface area contributed by atoms with Gasteiger partial charge in [0.1, 0.15) is 0 Å². The molecule has 0 aliphatic heterocycles. The molecule has 2 rings (SSSR count). The lowest BCUT2D eigenvalue weighted by Gasteiger charge is -2.64. The molecule has 0 spiro atoms. The molecule has 6 atom stereocenters. The molecule has 3 heteroatoms. The van der Waals surface area contributed by atoms with Gasteiger partial charge in [-0.2, -0.15) is 0 Å². The van der Waals surface area contributed by atoms with Crippen molar-refractivity contribution >= 4 is 15.9 Å². The maximum Gasteiger partial charge on any atom is 0.0798 e. The fourth-order valence-electron chi connectivity index (χ4n) is 5.52. The number of hydrogen-bond donors (Lipinski definition) is 2. The Morgan fingerprint density at radius 1 is 1.26 bits per heavy atom. The van der Waals surface area contributed by atoms with Gasteiger partial charge in [0.05, 0.1) is 11.2 Å². The minimum Gasteiger partial charge on any atom is -0.389 e. The number of rotatable bonds is 4. The minimum absolute atomic E-state index is 0.0876. The van der Waals surface area contributed by atoms with Gasteiger partial charge in [-0.25, -0.2) is 0 Å². The van der Waals surface area contributed by atoms with Crippen molar-refractivity contribution in [1.82, 2.24) is 0 Å². The Morgan fingerprint density at radius 2 is 1.87 bits per heavy atom. The summed E-state index contributed by atoms with van der Waals surface area (Å²) in [5, 5.41) is 22.2. The second kappa shape index (κ2) is 6.14. The Kier molecular flexibility index (Phi) is 5.20. The molecular weight excluding hydrogens is 352 g/mol. The van der Waals surface area contributed by atoms with E-state index < -0.39 is 11.2 Å². The molecule has 0 amide bonds. The van der Waals surface area contributed by atoms with Gasteiger partial charge in [-0.1, -0.05) is 49.7 Å². The third kappa shape index (κ3) is 3.06. The standard InChI is InChI=1S/C20H35BrO2/c1-7-18(5,22)12-13-20(23)14(2)8-9-15-17(3,4)16(21)10-11-19(15,20)6/h7,14-16,22-23H,1,8-13H2,2-6H3. The molecule has 0 aromatic rings. The van der Waals surface area contributed by atoms with Crippen LogP contribution in [0.15, 0.2) is 12.7 Å². The topological polar surface area (TPSA) is 40.5 Å². The van der Waals surface area contributed by atoms with Crippen LogP contribution in [0.4, 0.5) is 0 Å². The van der Waals surface area contributed by atoms with Gasteiger partial charge in [0, 0.05) is 4.83 Å². The highest BCUT2D eigenvalue weighted by Gasteiger charge is 2.62. The van der Waals surface area contributed by atoms with E-state index in [2.05, 4.69) is 50.2 Å². The molecule has 2 aliphatic carbocycles. The van der Waals surface area contributed by atoms with Gasteiger partial charge < -0.3 is 10.2 Å². The Morgan fingerprint density at radius 3 is 2.43 bits per heavy atom. The second-order valence-corrected chi connectivity index (χ2v) is 10.4. The van der Waals surface area contributed by atoms with Crippen LogP contribution in [0.1, 0.15) is 73.1 Å². The number of alkyl halides is 1. The maximum absolute atomic E-state index is 11.8. The molecule has 0 radical (unpaired) electrons. The molecule has 0 heterocycles. The van der Waals surface area contributed by atoms with Crippen LogP contribution in [0.3, 0.4) is 0 Å². The molecular formula is C20H35BrO2. The van der Waals surface area contributed by atoms with E-state index in [0.29, 0.717) is 23.6 Å². The van der Waals surface area contributed by atoms with Gasteiger partial charge in [0.2, 0.25) is 0 Å². The zero-order valence-electron chi connectivity index (χ0n) is 15.5. The highest BCUT2D eigenvalue weighted by atomic mass is 79.9. The maximum atomic E-state index is 11.8. The summed E-state index contributed by atoms with van der Waals surface area (Å²) in [5.41, 5.74) is -1.52. The second-order valence-electron chi connectivity index (χ2n) is 9.26. The predicted molar refractivity (Wildman–Crippen MR) is 101 cm³/mol. The molecule has 23 heavy (non-hydrogen) atoms. The highest BCUT2D eigenvalue weighted by Crippen LogP contribution is 2.64. The Balaban J connectivity index is 2.35. The zero-order valence-corrected chi connectivity index (χ0v) is 17.1. The Hall–Kier alpha value is 0.140. The number of halogens is 1. The first-order valence-corrected chi connectivity index (χ1v) is 10.0. The van der Waals surface area contributed by atoms with E-state index in [9.17, 15) is 10.2 Å². The van der Waals surface area contributed by atoms with Crippen molar-refractivity contribution in [1.29, 1.82) is 0 Å². The third-order valence-electron chi connectivity index (χ3n) is 7.54. The van der Waals surface area contributed by atoms with E-state index in [1.54, 1.807) is 13.0 Å². The summed E-state index contributed by atoms with van der Waals surface area (Å²) in [6.07, 6.45) is 7.22. The molecule has 0 aromatic carbocycles. The van der Waals surface area contributed by atoms with E-state index in [1.807, 2.05) is 0 Å². The first-order valence-electron chi connectivity index (χ1n) is 9.13. The van der Waals surface area contributed by atoms with Crippen molar-refractivity contribution in [3.8, 4) is 0 Å². The molecule has 2 fully saturated rings. The van der Waals surface area contributed by atoms with E-state index >= 15 is 0 Å². The molecule has 2 saturated carbocycles. The number of hydrogen-bond acceptors (Lipinski definition) is 2. The molecule has 2 N–H and O–H groups in total. The largest absolute Gasteiger partial charge is 0.389 e. The zero-order chi connectivity index (χ0) is 17.7. The minimum atomic E-state index is -0.902. The van der Waals surface area contributed by atoms with Crippen LogP contribution in [-0.2, 0) is 0 Å². The molecule has 2 nitrogen and oxygen atoms in total. The van der Waals surface area contributed by atoms with Crippen molar-refractivity contribution in [3.63, 3.8) is 0 Å². The lowest BCUT2D eigenvalue weighted by Crippen LogP contribution is -2.64. The fourth-order valence-corrected chi connectivity index (χ4v) is 6.06. The van der Waals surface area contributed by atoms with E-state index in [1.165, 1.54) is 6.42 Å². The van der Waals surface area contributed by atoms with Gasteiger partial charge in [0.15, 0.2) is 0 Å². The van der Waals surface area contributed by atoms with Crippen molar-refractivity contribution in [2.45, 2.75) is 89.2 Å². The van der Waals surface area contributed by atoms with Crippen molar-refractivity contribution in [2.24, 2.45) is 22.7 Å². The first kappa shape index (κ1) is 19.5. The van der Waals surface area contributed by atoms with Gasteiger partial charge in [-0.15, -0.1) is 6.58 Å². The summed E-state index contributed by atoms with van der Waals surface area (Å²) >= 11 is 3.90. The average Bonchev–Trinajstić information content (AvgIpc) is 2.47. The van der Waals surface area contributed by atoms with Gasteiger partial charge in [0.25, 0.3) is 0 Å². The average molecular weight is 387 g/mol. The lowest BCUT2D eigenvalue weighted by atomic mass is 9.44. The van der Waals surface area contributed by atoms with E-state index in [4.69, 9.17) is 0 Å². The van der Waals surface area contributed by atoms with Crippen LogP contribution in [-0.4, -0.2) is 26.2 Å². The van der Waals surface area contributed by atoms with Crippen LogP contribution >= 0.6 is 15.9 Å². The van der Waals surface area contributed by atoms with Crippen LogP contribution in [0.2, 0.25) is 0 Å². The molecule has 2 aliphatic rings. The van der Waals surface area contributed by atoms with Crippen molar-refractivity contribution in [2.75, 3.05) is 0 Å². The summed E-state index contributed by atoms with van der Waals surface area (Å²) in [5.74, 6) is 0.773. The van der Waals surface area contributed by atoms with E-state index in [0.717, 1.165) is 19.3 Å². The fraction of sp³-hybridized carbons (Fsp3) is 0.900. The normalized spacial score (nSPS) is 45.8. The molecule has 0 aromatic heterocycles. The Labute approximate surface area is 150 Å². The third-order valence-corrected chi connectivity index (χ3v) is 9.17. The van der Waals surface area contributed by atoms with Gasteiger partial charge >= 0.3 is 0 Å². The lowest BCUT2D eigenvalue weighted by molar-refractivity contribution is -0.213. The summed E-state index contributed by atoms with van der Waals surface area (Å²) in [7, 11) is 0.